The van der Waals surface area contributed by atoms with Crippen LogP contribution in [0, 0.1) is 0 Å². The van der Waals surface area contributed by atoms with Crippen LogP contribution in [0.4, 0.5) is 0 Å². The molecule has 5 nitrogen and oxygen atoms in total. The zero-order valence-corrected chi connectivity index (χ0v) is 12.5. The van der Waals surface area contributed by atoms with E-state index in [1.165, 1.54) is 0 Å². The summed E-state index contributed by atoms with van der Waals surface area (Å²) in [4.78, 5) is 7.32. The lowest BCUT2D eigenvalue weighted by Crippen LogP contribution is -2.25. The summed E-state index contributed by atoms with van der Waals surface area (Å²) in [5, 5.41) is 0. The Morgan fingerprint density at radius 3 is 2.89 bits per heavy atom. The van der Waals surface area contributed by atoms with Gasteiger partial charge in [-0.15, -0.1) is 0 Å². The molecule has 2 rings (SSSR count). The van der Waals surface area contributed by atoms with E-state index in [0.717, 1.165) is 10.3 Å². The Kier molecular flexibility index (Phi) is 4.73. The molecule has 0 bridgehead atoms. The molecule has 102 valence electrons. The molecule has 0 aliphatic rings. The van der Waals surface area contributed by atoms with E-state index in [1.54, 1.807) is 36.7 Å². The third-order valence-corrected chi connectivity index (χ3v) is 4.50. The van der Waals surface area contributed by atoms with Crippen molar-refractivity contribution in [1.82, 2.24) is 14.7 Å². The van der Waals surface area contributed by atoms with Crippen molar-refractivity contribution in [1.29, 1.82) is 0 Å². The molecular weight excluding hydrogens is 330 g/mol. The van der Waals surface area contributed by atoms with E-state index in [9.17, 15) is 8.42 Å². The number of imidazole rings is 1. The fraction of sp³-hybridized carbons (Fsp3) is 0.250. The van der Waals surface area contributed by atoms with Crippen molar-refractivity contribution in [2.75, 3.05) is 6.54 Å². The van der Waals surface area contributed by atoms with Gasteiger partial charge in [0, 0.05) is 29.8 Å². The minimum atomic E-state index is -3.43. The van der Waals surface area contributed by atoms with Gasteiger partial charge in [0.2, 0.25) is 10.0 Å². The van der Waals surface area contributed by atoms with Gasteiger partial charge in [0.05, 0.1) is 4.90 Å². The maximum absolute atomic E-state index is 12.0. The number of hydrogen-bond acceptors (Lipinski definition) is 3. The molecule has 0 spiro atoms. The number of aryl methyl sites for hydroxylation is 1. The van der Waals surface area contributed by atoms with E-state index in [1.807, 2.05) is 0 Å². The second kappa shape index (κ2) is 6.31. The van der Waals surface area contributed by atoms with Crippen LogP contribution in [-0.4, -0.2) is 24.9 Å². The predicted octanol–water partition coefficient (Wildman–Crippen LogP) is 2.08. The third kappa shape index (κ3) is 4.15. The number of rotatable bonds is 6. The molecule has 0 aliphatic heterocycles. The highest BCUT2D eigenvalue weighted by Gasteiger charge is 2.13. The second-order valence-electron chi connectivity index (χ2n) is 3.99. The number of H-pyrrole nitrogens is 1. The highest BCUT2D eigenvalue weighted by Crippen LogP contribution is 2.15. The summed E-state index contributed by atoms with van der Waals surface area (Å²) in [7, 11) is -3.43. The first-order valence-electron chi connectivity index (χ1n) is 5.81. The van der Waals surface area contributed by atoms with Crippen molar-refractivity contribution in [3.8, 4) is 0 Å². The number of nitrogens with one attached hydrogen (secondary N) is 2. The number of nitrogens with zero attached hydrogens (tertiary/aromatic N) is 1. The Labute approximate surface area is 120 Å². The second-order valence-corrected chi connectivity index (χ2v) is 6.68. The summed E-state index contributed by atoms with van der Waals surface area (Å²) in [5.74, 6) is 0.863. The Balaban J connectivity index is 1.88. The molecule has 1 aromatic heterocycles. The van der Waals surface area contributed by atoms with Gasteiger partial charge in [-0.05, 0) is 24.6 Å². The van der Waals surface area contributed by atoms with Crippen LogP contribution >= 0.6 is 15.9 Å². The first-order valence-corrected chi connectivity index (χ1v) is 8.09. The Morgan fingerprint density at radius 1 is 1.37 bits per heavy atom. The zero-order chi connectivity index (χ0) is 13.7. The van der Waals surface area contributed by atoms with E-state index in [2.05, 4.69) is 30.6 Å². The quantitative estimate of drug-likeness (QED) is 0.788. The lowest BCUT2D eigenvalue weighted by Gasteiger charge is -2.06. The van der Waals surface area contributed by atoms with Crippen LogP contribution in [0.25, 0.3) is 0 Å². The van der Waals surface area contributed by atoms with Crippen LogP contribution in [-0.2, 0) is 16.4 Å². The summed E-state index contributed by atoms with van der Waals surface area (Å²) in [5.41, 5.74) is 0. The van der Waals surface area contributed by atoms with Crippen LogP contribution in [0.3, 0.4) is 0 Å². The van der Waals surface area contributed by atoms with E-state index in [4.69, 9.17) is 0 Å². The summed E-state index contributed by atoms with van der Waals surface area (Å²) in [6.45, 7) is 0.384. The van der Waals surface area contributed by atoms with Crippen molar-refractivity contribution < 1.29 is 8.42 Å². The number of halogens is 1. The highest BCUT2D eigenvalue weighted by molar-refractivity contribution is 9.10. The maximum atomic E-state index is 12.0. The van der Waals surface area contributed by atoms with Gasteiger partial charge in [-0.2, -0.15) is 0 Å². The van der Waals surface area contributed by atoms with Crippen molar-refractivity contribution in [2.24, 2.45) is 0 Å². The average Bonchev–Trinajstić information content (AvgIpc) is 2.88. The summed E-state index contributed by atoms with van der Waals surface area (Å²) >= 11 is 3.26. The SMILES string of the molecule is O=S(=O)(NCCCc1ncc[nH]1)c1cccc(Br)c1. The molecule has 0 amide bonds. The summed E-state index contributed by atoms with van der Waals surface area (Å²) in [6, 6.07) is 6.63. The molecule has 0 unspecified atom stereocenters. The van der Waals surface area contributed by atoms with Crippen molar-refractivity contribution in [3.63, 3.8) is 0 Å². The summed E-state index contributed by atoms with van der Waals surface area (Å²) < 4.78 is 27.3. The Hall–Kier alpha value is -1.18. The molecule has 0 saturated carbocycles. The van der Waals surface area contributed by atoms with Gasteiger partial charge in [-0.3, -0.25) is 0 Å². The topological polar surface area (TPSA) is 74.8 Å². The average molecular weight is 344 g/mol. The van der Waals surface area contributed by atoms with Crippen LogP contribution in [0.5, 0.6) is 0 Å². The summed E-state index contributed by atoms with van der Waals surface area (Å²) in [6.07, 6.45) is 4.84. The van der Waals surface area contributed by atoms with Gasteiger partial charge in [-0.1, -0.05) is 22.0 Å². The minimum absolute atomic E-state index is 0.264. The molecule has 2 N–H and O–H groups in total. The van der Waals surface area contributed by atoms with Crippen molar-refractivity contribution in [3.05, 3.63) is 47.0 Å². The first kappa shape index (κ1) is 14.2. The van der Waals surface area contributed by atoms with Gasteiger partial charge in [0.25, 0.3) is 0 Å². The van der Waals surface area contributed by atoms with Crippen LogP contribution in [0.15, 0.2) is 46.0 Å². The monoisotopic (exact) mass is 343 g/mol. The standard InChI is InChI=1S/C12H14BrN3O2S/c13-10-3-1-4-11(9-10)19(17,18)16-6-2-5-12-14-7-8-15-12/h1,3-4,7-9,16H,2,5-6H2,(H,14,15). The van der Waals surface area contributed by atoms with E-state index < -0.39 is 10.0 Å². The van der Waals surface area contributed by atoms with E-state index >= 15 is 0 Å². The Bertz CT molecular complexity index is 626. The maximum Gasteiger partial charge on any atom is 0.240 e. The van der Waals surface area contributed by atoms with Crippen LogP contribution in [0.2, 0.25) is 0 Å². The van der Waals surface area contributed by atoms with E-state index in [-0.39, 0.29) is 4.90 Å². The molecule has 2 aromatic rings. The first-order chi connectivity index (χ1) is 9.08. The fourth-order valence-corrected chi connectivity index (χ4v) is 3.28. The lowest BCUT2D eigenvalue weighted by atomic mass is 10.3. The molecule has 0 fully saturated rings. The molecule has 1 aromatic carbocycles. The number of benzene rings is 1. The normalized spacial score (nSPS) is 11.6. The lowest BCUT2D eigenvalue weighted by molar-refractivity contribution is 0.578. The molecule has 7 heteroatoms. The van der Waals surface area contributed by atoms with Gasteiger partial charge in [0.1, 0.15) is 5.82 Å². The van der Waals surface area contributed by atoms with E-state index in [0.29, 0.717) is 19.4 Å². The van der Waals surface area contributed by atoms with Gasteiger partial charge in [0.15, 0.2) is 0 Å². The highest BCUT2D eigenvalue weighted by atomic mass is 79.9. The van der Waals surface area contributed by atoms with Crippen LogP contribution < -0.4 is 4.72 Å². The number of hydrogen-bond donors (Lipinski definition) is 2. The number of aromatic nitrogens is 2. The fourth-order valence-electron chi connectivity index (χ4n) is 1.61. The molecule has 0 atom stereocenters. The van der Waals surface area contributed by atoms with Crippen LogP contribution in [0.1, 0.15) is 12.2 Å². The number of sulfonamides is 1. The molecule has 0 saturated heterocycles. The third-order valence-electron chi connectivity index (χ3n) is 2.54. The molecule has 0 radical (unpaired) electrons. The Morgan fingerprint density at radius 2 is 2.21 bits per heavy atom. The van der Waals surface area contributed by atoms with Crippen molar-refractivity contribution >= 4 is 26.0 Å². The smallest absolute Gasteiger partial charge is 0.240 e. The largest absolute Gasteiger partial charge is 0.349 e. The molecule has 0 aliphatic carbocycles. The molecule has 19 heavy (non-hydrogen) atoms. The molecular formula is C12H14BrN3O2S. The predicted molar refractivity (Wildman–Crippen MR) is 76.2 cm³/mol. The van der Waals surface area contributed by atoms with Crippen molar-refractivity contribution in [2.45, 2.75) is 17.7 Å². The van der Waals surface area contributed by atoms with Gasteiger partial charge < -0.3 is 4.98 Å². The zero-order valence-electron chi connectivity index (χ0n) is 10.1. The minimum Gasteiger partial charge on any atom is -0.349 e. The van der Waals surface area contributed by atoms with Gasteiger partial charge >= 0.3 is 0 Å². The molecule has 1 heterocycles. The van der Waals surface area contributed by atoms with Gasteiger partial charge in [-0.25, -0.2) is 18.1 Å². The number of aromatic amines is 1.